The molecule has 186 valence electrons. The van der Waals surface area contributed by atoms with Gasteiger partial charge < -0.3 is 0 Å². The van der Waals surface area contributed by atoms with E-state index in [1.165, 1.54) is 16.8 Å². The smallest absolute Gasteiger partial charge is 0.289 e. The van der Waals surface area contributed by atoms with E-state index in [1.807, 2.05) is 32.0 Å². The number of rotatable bonds is 5. The number of hydrogen-bond acceptors (Lipinski definition) is 3. The fraction of sp³-hybridized carbons (Fsp3) is 0.167. The van der Waals surface area contributed by atoms with Gasteiger partial charge >= 0.3 is 6.18 Å². The molecule has 5 rings (SSSR count). The zero-order valence-electron chi connectivity index (χ0n) is 20.5. The van der Waals surface area contributed by atoms with Crippen molar-refractivity contribution in [3.8, 4) is 16.8 Å². The molecule has 0 N–H and O–H groups in total. The molecule has 2 heterocycles. The Kier molecular flexibility index (Phi) is 6.15. The molecule has 3 aromatic carbocycles. The van der Waals surface area contributed by atoms with Gasteiger partial charge in [-0.25, -0.2) is 9.67 Å². The van der Waals surface area contributed by atoms with Crippen LogP contribution in [0.1, 0.15) is 52.6 Å². The number of fused-ring (bicyclic) bond motifs is 1. The van der Waals surface area contributed by atoms with Crippen molar-refractivity contribution in [3.63, 3.8) is 0 Å². The highest BCUT2D eigenvalue weighted by atomic mass is 19.4. The first-order valence-electron chi connectivity index (χ1n) is 11.9. The maximum atomic E-state index is 14.7. The molecule has 4 nitrogen and oxygen atoms in total. The molecule has 0 radical (unpaired) electrons. The predicted molar refractivity (Wildman–Crippen MR) is 138 cm³/mol. The van der Waals surface area contributed by atoms with Crippen molar-refractivity contribution >= 4 is 16.8 Å². The Labute approximate surface area is 212 Å². The van der Waals surface area contributed by atoms with Crippen LogP contribution in [-0.2, 0) is 6.18 Å². The molecule has 2 aromatic heterocycles. The minimum absolute atomic E-state index is 0.0468. The number of alkyl halides is 3. The summed E-state index contributed by atoms with van der Waals surface area (Å²) in [7, 11) is 0. The monoisotopic (exact) mass is 499 g/mol. The summed E-state index contributed by atoms with van der Waals surface area (Å²) in [5, 5.41) is 4.99. The molecule has 37 heavy (non-hydrogen) atoms. The van der Waals surface area contributed by atoms with Gasteiger partial charge in [-0.15, -0.1) is 0 Å². The van der Waals surface area contributed by atoms with E-state index in [0.717, 1.165) is 5.56 Å². The summed E-state index contributed by atoms with van der Waals surface area (Å²) < 4.78 is 45.4. The first-order chi connectivity index (χ1) is 17.7. The van der Waals surface area contributed by atoms with E-state index < -0.39 is 23.2 Å². The number of aryl methyl sites for hydroxylation is 1. The third-order valence-electron chi connectivity index (χ3n) is 6.36. The molecule has 0 saturated carbocycles. The third kappa shape index (κ3) is 4.42. The fourth-order valence-corrected chi connectivity index (χ4v) is 4.57. The average molecular weight is 500 g/mol. The molecule has 7 heteroatoms. The molecule has 0 spiro atoms. The number of carbonyl (C=O) groups excluding carboxylic acids is 1. The van der Waals surface area contributed by atoms with Crippen LogP contribution in [0.5, 0.6) is 0 Å². The van der Waals surface area contributed by atoms with Crippen LogP contribution in [0.15, 0.2) is 84.9 Å². The van der Waals surface area contributed by atoms with Crippen LogP contribution in [0.3, 0.4) is 0 Å². The number of para-hydroxylation sites is 1. The van der Waals surface area contributed by atoms with Crippen molar-refractivity contribution < 1.29 is 18.0 Å². The molecule has 5 aromatic rings. The molecular weight excluding hydrogens is 475 g/mol. The largest absolute Gasteiger partial charge is 0.434 e. The SMILES string of the molecule is Cc1nn(-c2ccccc2)c2nc(C(F)(F)F)c(C(=O)c3ccccc3)c(-c3cccc(C(C)C)c3)c12. The summed E-state index contributed by atoms with van der Waals surface area (Å²) in [5.41, 5.74) is 1.21. The van der Waals surface area contributed by atoms with Crippen LogP contribution in [0, 0.1) is 6.92 Å². The van der Waals surface area contributed by atoms with Gasteiger partial charge in [-0.3, -0.25) is 4.79 Å². The van der Waals surface area contributed by atoms with Gasteiger partial charge in [-0.2, -0.15) is 18.3 Å². The minimum atomic E-state index is -4.88. The second-order valence-corrected chi connectivity index (χ2v) is 9.21. The Morgan fingerprint density at radius 1 is 0.892 bits per heavy atom. The zero-order chi connectivity index (χ0) is 26.3. The third-order valence-corrected chi connectivity index (χ3v) is 6.36. The molecule has 0 aliphatic rings. The summed E-state index contributed by atoms with van der Waals surface area (Å²) in [5.74, 6) is -0.597. The molecule has 0 unspecified atom stereocenters. The molecule has 0 saturated heterocycles. The molecule has 0 fully saturated rings. The number of pyridine rings is 1. The van der Waals surface area contributed by atoms with Crippen LogP contribution < -0.4 is 0 Å². The second-order valence-electron chi connectivity index (χ2n) is 9.21. The van der Waals surface area contributed by atoms with Crippen LogP contribution >= 0.6 is 0 Å². The number of hydrogen-bond donors (Lipinski definition) is 0. The quantitative estimate of drug-likeness (QED) is 0.232. The van der Waals surface area contributed by atoms with Gasteiger partial charge in [0.15, 0.2) is 17.1 Å². The normalized spacial score (nSPS) is 11.9. The van der Waals surface area contributed by atoms with Crippen LogP contribution in [0.2, 0.25) is 0 Å². The highest BCUT2D eigenvalue weighted by Gasteiger charge is 2.41. The van der Waals surface area contributed by atoms with Gasteiger partial charge in [0.2, 0.25) is 0 Å². The standard InChI is InChI=1S/C30H24F3N3O/c1-18(2)21-13-10-14-22(17-21)25-24-19(3)35-36(23-15-8-5-9-16-23)29(24)34-28(30(31,32)33)26(25)27(37)20-11-6-4-7-12-20/h4-18H,1-3H3. The molecule has 0 amide bonds. The highest BCUT2D eigenvalue weighted by Crippen LogP contribution is 2.42. The minimum Gasteiger partial charge on any atom is -0.289 e. The summed E-state index contributed by atoms with van der Waals surface area (Å²) >= 11 is 0. The van der Waals surface area contributed by atoms with Gasteiger partial charge in [0.05, 0.1) is 22.3 Å². The van der Waals surface area contributed by atoms with Crippen molar-refractivity contribution in [2.24, 2.45) is 0 Å². The van der Waals surface area contributed by atoms with E-state index in [4.69, 9.17) is 0 Å². The average Bonchev–Trinajstić information content (AvgIpc) is 3.24. The van der Waals surface area contributed by atoms with E-state index in [2.05, 4.69) is 10.1 Å². The number of ketones is 1. The van der Waals surface area contributed by atoms with E-state index in [-0.39, 0.29) is 22.7 Å². The van der Waals surface area contributed by atoms with Crippen molar-refractivity contribution in [3.05, 3.63) is 113 Å². The maximum absolute atomic E-state index is 14.7. The molecular formula is C30H24F3N3O. The summed E-state index contributed by atoms with van der Waals surface area (Å²) in [4.78, 5) is 17.9. The first-order valence-corrected chi connectivity index (χ1v) is 11.9. The summed E-state index contributed by atoms with van der Waals surface area (Å²) in [6.45, 7) is 5.75. The Morgan fingerprint density at radius 3 is 2.16 bits per heavy atom. The lowest BCUT2D eigenvalue weighted by molar-refractivity contribution is -0.141. The molecule has 0 aliphatic carbocycles. The van der Waals surface area contributed by atoms with E-state index in [9.17, 15) is 18.0 Å². The number of aromatic nitrogens is 3. The van der Waals surface area contributed by atoms with Gasteiger partial charge in [0, 0.05) is 11.1 Å². The molecule has 0 bridgehead atoms. The number of benzene rings is 3. The number of halogens is 3. The summed E-state index contributed by atoms with van der Waals surface area (Å²) in [6, 6.07) is 24.2. The Hall–Kier alpha value is -4.26. The van der Waals surface area contributed by atoms with Gasteiger partial charge in [0.25, 0.3) is 0 Å². The van der Waals surface area contributed by atoms with E-state index in [1.54, 1.807) is 61.5 Å². The Morgan fingerprint density at radius 2 is 1.54 bits per heavy atom. The number of nitrogens with zero attached hydrogens (tertiary/aromatic N) is 3. The summed E-state index contributed by atoms with van der Waals surface area (Å²) in [6.07, 6.45) is -4.88. The second kappa shape index (κ2) is 9.32. The Balaban J connectivity index is 1.96. The lowest BCUT2D eigenvalue weighted by atomic mass is 9.88. The van der Waals surface area contributed by atoms with Gasteiger partial charge in [-0.05, 0) is 36.1 Å². The van der Waals surface area contributed by atoms with Crippen LogP contribution in [-0.4, -0.2) is 20.5 Å². The van der Waals surface area contributed by atoms with Crippen molar-refractivity contribution in [1.29, 1.82) is 0 Å². The topological polar surface area (TPSA) is 47.8 Å². The predicted octanol–water partition coefficient (Wildman–Crippen LogP) is 7.77. The van der Waals surface area contributed by atoms with E-state index >= 15 is 0 Å². The lowest BCUT2D eigenvalue weighted by Crippen LogP contribution is -2.18. The Bertz CT molecular complexity index is 1600. The van der Waals surface area contributed by atoms with Crippen molar-refractivity contribution in [2.75, 3.05) is 0 Å². The number of carbonyl (C=O) groups is 1. The molecule has 0 atom stereocenters. The first kappa shape index (κ1) is 24.4. The lowest BCUT2D eigenvalue weighted by Gasteiger charge is -2.18. The van der Waals surface area contributed by atoms with Crippen LogP contribution in [0.25, 0.3) is 27.8 Å². The van der Waals surface area contributed by atoms with Crippen molar-refractivity contribution in [1.82, 2.24) is 14.8 Å². The van der Waals surface area contributed by atoms with Gasteiger partial charge in [-0.1, -0.05) is 86.6 Å². The zero-order valence-corrected chi connectivity index (χ0v) is 20.5. The molecule has 0 aliphatic heterocycles. The van der Waals surface area contributed by atoms with Crippen molar-refractivity contribution in [2.45, 2.75) is 32.9 Å². The maximum Gasteiger partial charge on any atom is 0.434 e. The fourth-order valence-electron chi connectivity index (χ4n) is 4.57. The van der Waals surface area contributed by atoms with Crippen LogP contribution in [0.4, 0.5) is 13.2 Å². The van der Waals surface area contributed by atoms with Gasteiger partial charge in [0.1, 0.15) is 0 Å². The van der Waals surface area contributed by atoms with E-state index in [0.29, 0.717) is 22.3 Å². The highest BCUT2D eigenvalue weighted by molar-refractivity contribution is 6.17.